The van der Waals surface area contributed by atoms with Crippen molar-refractivity contribution in [2.45, 2.75) is 32.1 Å². The van der Waals surface area contributed by atoms with E-state index in [1.165, 1.54) is 0 Å². The van der Waals surface area contributed by atoms with Crippen molar-refractivity contribution in [3.8, 4) is 11.4 Å². The Morgan fingerprint density at radius 3 is 2.38 bits per heavy atom. The van der Waals surface area contributed by atoms with Crippen LogP contribution in [-0.2, 0) is 16.4 Å². The molecule has 0 bridgehead atoms. The predicted octanol–water partition coefficient (Wildman–Crippen LogP) is 3.18. The second-order valence-electron chi connectivity index (χ2n) is 6.29. The minimum atomic E-state index is -3.57. The van der Waals surface area contributed by atoms with Gasteiger partial charge >= 0.3 is 0 Å². The summed E-state index contributed by atoms with van der Waals surface area (Å²) in [6.07, 6.45) is 0.322. The highest BCUT2D eigenvalue weighted by Gasteiger charge is 2.17. The first kappa shape index (κ1) is 18.3. The van der Waals surface area contributed by atoms with E-state index in [-0.39, 0.29) is 11.4 Å². The molecular formula is C19H21N3O3S. The maximum Gasteiger partial charge on any atom is 0.240 e. The first-order valence-corrected chi connectivity index (χ1v) is 9.80. The zero-order valence-corrected chi connectivity index (χ0v) is 15.8. The molecule has 0 aliphatic rings. The Hall–Kier alpha value is -2.51. The molecule has 0 saturated carbocycles. The van der Waals surface area contributed by atoms with Crippen LogP contribution in [0.4, 0.5) is 0 Å². The van der Waals surface area contributed by atoms with E-state index in [2.05, 4.69) is 14.9 Å². The van der Waals surface area contributed by atoms with Gasteiger partial charge in [-0.1, -0.05) is 52.7 Å². The van der Waals surface area contributed by atoms with Crippen molar-refractivity contribution < 1.29 is 12.9 Å². The van der Waals surface area contributed by atoms with Crippen LogP contribution in [0.2, 0.25) is 0 Å². The lowest BCUT2D eigenvalue weighted by molar-refractivity contribution is 0.379. The molecule has 0 aliphatic heterocycles. The van der Waals surface area contributed by atoms with Crippen molar-refractivity contribution in [1.82, 2.24) is 14.9 Å². The number of nitrogens with one attached hydrogen (secondary N) is 1. The van der Waals surface area contributed by atoms with Crippen LogP contribution in [0.3, 0.4) is 0 Å². The van der Waals surface area contributed by atoms with Gasteiger partial charge in [-0.15, -0.1) is 0 Å². The summed E-state index contributed by atoms with van der Waals surface area (Å²) in [5, 5.41) is 3.95. The van der Waals surface area contributed by atoms with E-state index in [4.69, 9.17) is 4.52 Å². The summed E-state index contributed by atoms with van der Waals surface area (Å²) in [4.78, 5) is 4.61. The molecule has 0 spiro atoms. The van der Waals surface area contributed by atoms with Gasteiger partial charge in [0.15, 0.2) is 0 Å². The third-order valence-corrected chi connectivity index (χ3v) is 5.65. The molecule has 0 unspecified atom stereocenters. The zero-order chi connectivity index (χ0) is 18.7. The second-order valence-corrected chi connectivity index (χ2v) is 8.03. The number of aromatic nitrogens is 2. The minimum Gasteiger partial charge on any atom is -0.339 e. The topological polar surface area (TPSA) is 85.1 Å². The lowest BCUT2D eigenvalue weighted by atomic mass is 10.1. The highest BCUT2D eigenvalue weighted by atomic mass is 32.2. The fourth-order valence-electron chi connectivity index (χ4n) is 2.65. The maximum absolute atomic E-state index is 12.4. The molecule has 136 valence electrons. The van der Waals surface area contributed by atoms with Crippen molar-refractivity contribution in [1.29, 1.82) is 0 Å². The molecule has 3 aromatic rings. The number of rotatable bonds is 6. The average Bonchev–Trinajstić information content (AvgIpc) is 3.04. The van der Waals surface area contributed by atoms with E-state index in [1.54, 1.807) is 19.1 Å². The lowest BCUT2D eigenvalue weighted by Crippen LogP contribution is -2.26. The normalized spacial score (nSPS) is 11.7. The van der Waals surface area contributed by atoms with Gasteiger partial charge in [0.2, 0.25) is 21.7 Å². The van der Waals surface area contributed by atoms with E-state index >= 15 is 0 Å². The number of hydrogen-bond donors (Lipinski definition) is 1. The summed E-state index contributed by atoms with van der Waals surface area (Å²) >= 11 is 0. The van der Waals surface area contributed by atoms with E-state index in [0.717, 1.165) is 22.3 Å². The Kier molecular flexibility index (Phi) is 5.20. The van der Waals surface area contributed by atoms with Crippen molar-refractivity contribution in [3.63, 3.8) is 0 Å². The van der Waals surface area contributed by atoms with Crippen LogP contribution in [0.5, 0.6) is 0 Å². The number of aryl methyl sites for hydroxylation is 3. The average molecular weight is 371 g/mol. The molecule has 7 heteroatoms. The largest absolute Gasteiger partial charge is 0.339 e. The summed E-state index contributed by atoms with van der Waals surface area (Å²) in [7, 11) is -3.57. The van der Waals surface area contributed by atoms with Gasteiger partial charge in [0, 0.05) is 18.5 Å². The molecule has 1 heterocycles. The molecule has 0 radical (unpaired) electrons. The van der Waals surface area contributed by atoms with Crippen LogP contribution in [-0.4, -0.2) is 25.1 Å². The van der Waals surface area contributed by atoms with Crippen molar-refractivity contribution in [3.05, 3.63) is 65.0 Å². The SMILES string of the molecule is Cc1ccc(-c2noc(CCNS(=O)(=O)c3ccc(C)cc3C)n2)cc1. The highest BCUT2D eigenvalue weighted by molar-refractivity contribution is 7.89. The molecular weight excluding hydrogens is 350 g/mol. The van der Waals surface area contributed by atoms with Crippen LogP contribution < -0.4 is 4.72 Å². The van der Waals surface area contributed by atoms with Crippen LogP contribution in [0, 0.1) is 20.8 Å². The van der Waals surface area contributed by atoms with Gasteiger partial charge in [0.1, 0.15) is 0 Å². The highest BCUT2D eigenvalue weighted by Crippen LogP contribution is 2.18. The monoisotopic (exact) mass is 371 g/mol. The zero-order valence-electron chi connectivity index (χ0n) is 15.0. The summed E-state index contributed by atoms with van der Waals surface area (Å²) in [6, 6.07) is 13.1. The van der Waals surface area contributed by atoms with Crippen LogP contribution >= 0.6 is 0 Å². The Morgan fingerprint density at radius 1 is 1.00 bits per heavy atom. The minimum absolute atomic E-state index is 0.186. The Balaban J connectivity index is 1.64. The molecule has 0 saturated heterocycles. The van der Waals surface area contributed by atoms with Gasteiger partial charge in [0.25, 0.3) is 0 Å². The van der Waals surface area contributed by atoms with Crippen LogP contribution in [0.15, 0.2) is 51.9 Å². The van der Waals surface area contributed by atoms with Gasteiger partial charge in [-0.25, -0.2) is 13.1 Å². The van der Waals surface area contributed by atoms with E-state index in [0.29, 0.717) is 18.1 Å². The summed E-state index contributed by atoms with van der Waals surface area (Å²) in [5.41, 5.74) is 3.76. The quantitative estimate of drug-likeness (QED) is 0.719. The molecule has 26 heavy (non-hydrogen) atoms. The molecule has 1 aromatic heterocycles. The smallest absolute Gasteiger partial charge is 0.240 e. The molecule has 3 rings (SSSR count). The van der Waals surface area contributed by atoms with Gasteiger partial charge in [0.05, 0.1) is 4.90 Å². The molecule has 1 N–H and O–H groups in total. The van der Waals surface area contributed by atoms with E-state index in [9.17, 15) is 8.42 Å². The predicted molar refractivity (Wildman–Crippen MR) is 99.3 cm³/mol. The standard InChI is InChI=1S/C19H21N3O3S/c1-13-4-7-16(8-5-13)19-21-18(25-22-19)10-11-20-26(23,24)17-9-6-14(2)12-15(17)3/h4-9,12,20H,10-11H2,1-3H3. The van der Waals surface area contributed by atoms with E-state index in [1.807, 2.05) is 44.2 Å². The summed E-state index contributed by atoms with van der Waals surface area (Å²) in [6.45, 7) is 5.91. The van der Waals surface area contributed by atoms with Gasteiger partial charge in [-0.05, 0) is 32.4 Å². The van der Waals surface area contributed by atoms with Crippen LogP contribution in [0.1, 0.15) is 22.6 Å². The number of sulfonamides is 1. The van der Waals surface area contributed by atoms with E-state index < -0.39 is 10.0 Å². The van der Waals surface area contributed by atoms with Gasteiger partial charge < -0.3 is 4.52 Å². The van der Waals surface area contributed by atoms with Crippen LogP contribution in [0.25, 0.3) is 11.4 Å². The molecule has 0 fully saturated rings. The summed E-state index contributed by atoms with van der Waals surface area (Å²) in [5.74, 6) is 0.890. The summed E-state index contributed by atoms with van der Waals surface area (Å²) < 4.78 is 32.7. The number of nitrogens with zero attached hydrogens (tertiary/aromatic N) is 2. The third-order valence-electron chi connectivity index (χ3n) is 4.03. The fourth-order valence-corrected chi connectivity index (χ4v) is 3.90. The molecule has 6 nitrogen and oxygen atoms in total. The third kappa shape index (κ3) is 4.17. The lowest BCUT2D eigenvalue weighted by Gasteiger charge is -2.09. The number of benzene rings is 2. The molecule has 0 atom stereocenters. The molecule has 0 aliphatic carbocycles. The Labute approximate surface area is 153 Å². The van der Waals surface area contributed by atoms with Crippen molar-refractivity contribution >= 4 is 10.0 Å². The Bertz CT molecular complexity index is 1010. The Morgan fingerprint density at radius 2 is 1.69 bits per heavy atom. The van der Waals surface area contributed by atoms with Crippen molar-refractivity contribution in [2.75, 3.05) is 6.54 Å². The molecule has 0 amide bonds. The fraction of sp³-hybridized carbons (Fsp3) is 0.263. The number of hydrogen-bond acceptors (Lipinski definition) is 5. The van der Waals surface area contributed by atoms with Gasteiger partial charge in [-0.2, -0.15) is 4.98 Å². The second kappa shape index (κ2) is 7.39. The first-order chi connectivity index (χ1) is 12.3. The maximum atomic E-state index is 12.4. The molecule has 2 aromatic carbocycles. The van der Waals surface area contributed by atoms with Crippen molar-refractivity contribution in [2.24, 2.45) is 0 Å². The first-order valence-electron chi connectivity index (χ1n) is 8.32. The van der Waals surface area contributed by atoms with Gasteiger partial charge in [-0.3, -0.25) is 0 Å².